The van der Waals surface area contributed by atoms with Gasteiger partial charge >= 0.3 is 0 Å². The molecule has 1 fully saturated rings. The van der Waals surface area contributed by atoms with Crippen LogP contribution in [-0.4, -0.2) is 36.8 Å². The molecule has 0 N–H and O–H groups in total. The van der Waals surface area contributed by atoms with Crippen molar-refractivity contribution in [3.05, 3.63) is 53.6 Å². The molecular formula is C21H20FN3O4. The summed E-state index contributed by atoms with van der Waals surface area (Å²) < 4.78 is 30.3. The Kier molecular flexibility index (Phi) is 4.92. The quantitative estimate of drug-likeness (QED) is 0.653. The zero-order chi connectivity index (χ0) is 20.5. The number of rotatable bonds is 5. The Morgan fingerprint density at radius 2 is 2.00 bits per heavy atom. The predicted molar refractivity (Wildman–Crippen MR) is 104 cm³/mol. The summed E-state index contributed by atoms with van der Waals surface area (Å²) in [5.74, 6) is 0.980. The van der Waals surface area contributed by atoms with Gasteiger partial charge in [-0.15, -0.1) is 0 Å². The molecule has 1 unspecified atom stereocenters. The van der Waals surface area contributed by atoms with Crippen LogP contribution < -0.4 is 14.4 Å². The summed E-state index contributed by atoms with van der Waals surface area (Å²) in [6.07, 6.45) is 0.187. The summed E-state index contributed by atoms with van der Waals surface area (Å²) in [4.78, 5) is 18.4. The van der Waals surface area contributed by atoms with E-state index in [1.807, 2.05) is 0 Å². The first kappa shape index (κ1) is 18.9. The van der Waals surface area contributed by atoms with Crippen LogP contribution in [0.15, 0.2) is 40.9 Å². The highest BCUT2D eigenvalue weighted by molar-refractivity contribution is 5.96. The average molecular weight is 397 g/mol. The van der Waals surface area contributed by atoms with Crippen molar-refractivity contribution in [3.8, 4) is 23.0 Å². The third-order valence-corrected chi connectivity index (χ3v) is 4.96. The zero-order valence-corrected chi connectivity index (χ0v) is 16.3. The molecule has 150 valence electrons. The number of aryl methyl sites for hydroxylation is 1. The van der Waals surface area contributed by atoms with Gasteiger partial charge in [-0.05, 0) is 36.8 Å². The fourth-order valence-electron chi connectivity index (χ4n) is 3.43. The second-order valence-corrected chi connectivity index (χ2v) is 6.88. The van der Waals surface area contributed by atoms with Gasteiger partial charge in [-0.2, -0.15) is 4.98 Å². The Balaban J connectivity index is 1.58. The number of amides is 1. The molecule has 1 atom stereocenters. The van der Waals surface area contributed by atoms with Crippen molar-refractivity contribution in [1.82, 2.24) is 10.1 Å². The maximum absolute atomic E-state index is 14.3. The van der Waals surface area contributed by atoms with E-state index < -0.39 is 5.82 Å². The lowest BCUT2D eigenvalue weighted by atomic mass is 10.1. The number of methoxy groups -OCH3 is 2. The van der Waals surface area contributed by atoms with Gasteiger partial charge in [0, 0.05) is 24.9 Å². The van der Waals surface area contributed by atoms with Crippen LogP contribution in [0.25, 0.3) is 11.5 Å². The van der Waals surface area contributed by atoms with Gasteiger partial charge in [0.05, 0.1) is 25.5 Å². The van der Waals surface area contributed by atoms with Crippen molar-refractivity contribution in [3.63, 3.8) is 0 Å². The Bertz CT molecular complexity index is 1070. The van der Waals surface area contributed by atoms with Crippen molar-refractivity contribution in [2.24, 2.45) is 0 Å². The minimum atomic E-state index is -0.421. The number of nitrogens with zero attached hydrogens (tertiary/aromatic N) is 3. The molecule has 0 aliphatic carbocycles. The molecule has 7 nitrogen and oxygen atoms in total. The third-order valence-electron chi connectivity index (χ3n) is 4.96. The Hall–Kier alpha value is -3.42. The molecule has 0 radical (unpaired) electrons. The van der Waals surface area contributed by atoms with Gasteiger partial charge in [0.1, 0.15) is 17.3 Å². The van der Waals surface area contributed by atoms with Gasteiger partial charge in [-0.25, -0.2) is 4.39 Å². The maximum Gasteiger partial charge on any atom is 0.261 e. The fraction of sp³-hybridized carbons (Fsp3) is 0.286. The van der Waals surface area contributed by atoms with E-state index in [1.165, 1.54) is 11.0 Å². The second kappa shape index (κ2) is 7.54. The van der Waals surface area contributed by atoms with Crippen molar-refractivity contribution >= 4 is 11.6 Å². The number of halogens is 1. The number of anilines is 1. The highest BCUT2D eigenvalue weighted by Gasteiger charge is 2.36. The molecule has 0 bridgehead atoms. The van der Waals surface area contributed by atoms with Crippen LogP contribution in [0.1, 0.15) is 23.7 Å². The number of hydrogen-bond donors (Lipinski definition) is 0. The molecule has 0 spiro atoms. The highest BCUT2D eigenvalue weighted by atomic mass is 19.1. The van der Waals surface area contributed by atoms with Crippen molar-refractivity contribution < 1.29 is 23.2 Å². The number of carbonyl (C=O) groups excluding carboxylic acids is 1. The topological polar surface area (TPSA) is 77.7 Å². The molecule has 8 heteroatoms. The molecule has 2 aromatic carbocycles. The molecule has 1 aromatic heterocycles. The molecule has 29 heavy (non-hydrogen) atoms. The molecule has 1 amide bonds. The van der Waals surface area contributed by atoms with Gasteiger partial charge < -0.3 is 18.9 Å². The summed E-state index contributed by atoms with van der Waals surface area (Å²) in [6.45, 7) is 2.09. The largest absolute Gasteiger partial charge is 0.497 e. The van der Waals surface area contributed by atoms with E-state index in [0.717, 1.165) is 5.56 Å². The van der Waals surface area contributed by atoms with Gasteiger partial charge in [0.25, 0.3) is 5.89 Å². The maximum atomic E-state index is 14.3. The van der Waals surface area contributed by atoms with E-state index in [2.05, 4.69) is 10.1 Å². The van der Waals surface area contributed by atoms with Crippen molar-refractivity contribution in [2.75, 3.05) is 25.7 Å². The molecule has 0 saturated carbocycles. The number of aromatic nitrogens is 2. The summed E-state index contributed by atoms with van der Waals surface area (Å²) >= 11 is 0. The van der Waals surface area contributed by atoms with Gasteiger partial charge in [-0.3, -0.25) is 4.79 Å². The molecule has 1 saturated heterocycles. The lowest BCUT2D eigenvalue weighted by molar-refractivity contribution is -0.117. The molecule has 2 heterocycles. The van der Waals surface area contributed by atoms with Crippen LogP contribution in [-0.2, 0) is 4.79 Å². The van der Waals surface area contributed by atoms with E-state index >= 15 is 0 Å². The van der Waals surface area contributed by atoms with Gasteiger partial charge in [-0.1, -0.05) is 11.2 Å². The number of hydrogen-bond acceptors (Lipinski definition) is 6. The minimum absolute atomic E-state index is 0.175. The van der Waals surface area contributed by atoms with E-state index in [9.17, 15) is 9.18 Å². The van der Waals surface area contributed by atoms with Gasteiger partial charge in [0.2, 0.25) is 5.91 Å². The lowest BCUT2D eigenvalue weighted by Crippen LogP contribution is -2.25. The monoisotopic (exact) mass is 397 g/mol. The third kappa shape index (κ3) is 3.53. The second-order valence-electron chi connectivity index (χ2n) is 6.88. The fourth-order valence-corrected chi connectivity index (χ4v) is 3.43. The summed E-state index contributed by atoms with van der Waals surface area (Å²) in [5, 5.41) is 4.05. The standard InChI is InChI=1S/C21H20FN3O4/c1-12-4-7-17(16(22)8-12)25-11-13(9-19(25)26)20-23-21(29-24-20)15-6-5-14(27-2)10-18(15)28-3/h4-8,10,13H,9,11H2,1-3H3. The zero-order valence-electron chi connectivity index (χ0n) is 16.3. The molecule has 1 aliphatic heterocycles. The number of ether oxygens (including phenoxy) is 2. The number of benzene rings is 2. The van der Waals surface area contributed by atoms with Crippen LogP contribution in [0.5, 0.6) is 11.5 Å². The van der Waals surface area contributed by atoms with E-state index in [4.69, 9.17) is 14.0 Å². The first-order valence-corrected chi connectivity index (χ1v) is 9.12. The smallest absolute Gasteiger partial charge is 0.261 e. The SMILES string of the molecule is COc1ccc(-c2nc(C3CC(=O)N(c4ccc(C)cc4F)C3)no2)c(OC)c1. The summed E-state index contributed by atoms with van der Waals surface area (Å²) in [5.41, 5.74) is 1.69. The molecule has 1 aliphatic rings. The van der Waals surface area contributed by atoms with Crippen LogP contribution in [0.4, 0.5) is 10.1 Å². The van der Waals surface area contributed by atoms with Crippen LogP contribution in [0, 0.1) is 12.7 Å². The number of carbonyl (C=O) groups is 1. The summed E-state index contributed by atoms with van der Waals surface area (Å²) in [7, 11) is 3.11. The van der Waals surface area contributed by atoms with E-state index in [-0.39, 0.29) is 36.4 Å². The Labute approximate surface area is 167 Å². The first-order valence-electron chi connectivity index (χ1n) is 9.12. The van der Waals surface area contributed by atoms with Crippen LogP contribution in [0.2, 0.25) is 0 Å². The van der Waals surface area contributed by atoms with E-state index in [1.54, 1.807) is 51.5 Å². The van der Waals surface area contributed by atoms with E-state index in [0.29, 0.717) is 22.9 Å². The predicted octanol–water partition coefficient (Wildman–Crippen LogP) is 3.72. The van der Waals surface area contributed by atoms with Crippen LogP contribution >= 0.6 is 0 Å². The van der Waals surface area contributed by atoms with Gasteiger partial charge in [0.15, 0.2) is 5.82 Å². The molecule has 4 rings (SSSR count). The van der Waals surface area contributed by atoms with Crippen molar-refractivity contribution in [1.29, 1.82) is 0 Å². The minimum Gasteiger partial charge on any atom is -0.497 e. The normalized spacial score (nSPS) is 16.3. The Morgan fingerprint density at radius 3 is 2.72 bits per heavy atom. The highest BCUT2D eigenvalue weighted by Crippen LogP contribution is 2.35. The first-order chi connectivity index (χ1) is 14.0. The molecular weight excluding hydrogens is 377 g/mol. The summed E-state index contributed by atoms with van der Waals surface area (Å²) in [6, 6.07) is 10.1. The van der Waals surface area contributed by atoms with Crippen LogP contribution in [0.3, 0.4) is 0 Å². The Morgan fingerprint density at radius 1 is 1.17 bits per heavy atom. The molecule has 3 aromatic rings. The van der Waals surface area contributed by atoms with Crippen molar-refractivity contribution in [2.45, 2.75) is 19.3 Å². The average Bonchev–Trinajstić information content (AvgIpc) is 3.34. The lowest BCUT2D eigenvalue weighted by Gasteiger charge is -2.17.